The molecule has 14 heavy (non-hydrogen) atoms. The Balaban J connectivity index is 2.85. The van der Waals surface area contributed by atoms with E-state index in [0.29, 0.717) is 0 Å². The van der Waals surface area contributed by atoms with Gasteiger partial charge < -0.3 is 20.7 Å². The monoisotopic (exact) mass is 197 g/mol. The van der Waals surface area contributed by atoms with Crippen molar-refractivity contribution in [1.29, 1.82) is 0 Å². The standard InChI is InChI=1S/C10H19N3O/c1-11-9-4-8(7-14)5-10(6-9,12-2)13-3/h4,7-8,11-13H,5-6H2,1-3H3. The third-order valence-electron chi connectivity index (χ3n) is 2.94. The molecule has 0 aromatic rings. The van der Waals surface area contributed by atoms with Gasteiger partial charge in [-0.25, -0.2) is 0 Å². The molecule has 4 nitrogen and oxygen atoms in total. The highest BCUT2D eigenvalue weighted by Gasteiger charge is 2.33. The number of rotatable bonds is 4. The van der Waals surface area contributed by atoms with Crippen molar-refractivity contribution in [3.63, 3.8) is 0 Å². The summed E-state index contributed by atoms with van der Waals surface area (Å²) in [4.78, 5) is 10.8. The molecule has 4 heteroatoms. The van der Waals surface area contributed by atoms with Crippen LogP contribution in [0.25, 0.3) is 0 Å². The second-order valence-electron chi connectivity index (χ2n) is 3.70. The third-order valence-corrected chi connectivity index (χ3v) is 2.94. The molecule has 0 aromatic heterocycles. The molecule has 0 fully saturated rings. The summed E-state index contributed by atoms with van der Waals surface area (Å²) in [6.07, 6.45) is 4.68. The number of hydrogen-bond acceptors (Lipinski definition) is 4. The van der Waals surface area contributed by atoms with Crippen LogP contribution in [0.4, 0.5) is 0 Å². The molecule has 0 bridgehead atoms. The van der Waals surface area contributed by atoms with Crippen LogP contribution in [0.2, 0.25) is 0 Å². The van der Waals surface area contributed by atoms with Crippen LogP contribution in [0.1, 0.15) is 12.8 Å². The highest BCUT2D eigenvalue weighted by Crippen LogP contribution is 2.27. The molecule has 0 aliphatic heterocycles. The van der Waals surface area contributed by atoms with Gasteiger partial charge in [-0.15, -0.1) is 0 Å². The van der Waals surface area contributed by atoms with Crippen LogP contribution >= 0.6 is 0 Å². The minimum absolute atomic E-state index is 0.00824. The van der Waals surface area contributed by atoms with Gasteiger partial charge in [-0.2, -0.15) is 0 Å². The summed E-state index contributed by atoms with van der Waals surface area (Å²) in [6.45, 7) is 0. The Morgan fingerprint density at radius 2 is 2.07 bits per heavy atom. The highest BCUT2D eigenvalue weighted by atomic mass is 16.1. The molecule has 0 aromatic carbocycles. The lowest BCUT2D eigenvalue weighted by molar-refractivity contribution is -0.110. The van der Waals surface area contributed by atoms with E-state index < -0.39 is 0 Å². The van der Waals surface area contributed by atoms with Crippen molar-refractivity contribution in [2.24, 2.45) is 5.92 Å². The molecule has 0 spiro atoms. The molecule has 0 saturated heterocycles. The summed E-state index contributed by atoms with van der Waals surface area (Å²) in [5.41, 5.74) is 0.954. The maximum absolute atomic E-state index is 10.8. The van der Waals surface area contributed by atoms with E-state index in [1.807, 2.05) is 27.2 Å². The summed E-state index contributed by atoms with van der Waals surface area (Å²) in [5.74, 6) is -0.00824. The Morgan fingerprint density at radius 3 is 2.50 bits per heavy atom. The van der Waals surface area contributed by atoms with Gasteiger partial charge in [-0.3, -0.25) is 0 Å². The fourth-order valence-corrected chi connectivity index (χ4v) is 1.94. The van der Waals surface area contributed by atoms with E-state index in [-0.39, 0.29) is 11.6 Å². The van der Waals surface area contributed by atoms with E-state index in [9.17, 15) is 4.79 Å². The molecular formula is C10H19N3O. The first-order valence-corrected chi connectivity index (χ1v) is 4.91. The summed E-state index contributed by atoms with van der Waals surface area (Å²) >= 11 is 0. The third kappa shape index (κ3) is 2.13. The minimum atomic E-state index is -0.154. The van der Waals surface area contributed by atoms with Gasteiger partial charge in [0, 0.05) is 25.1 Å². The zero-order valence-electron chi connectivity index (χ0n) is 9.05. The topological polar surface area (TPSA) is 53.2 Å². The Hall–Kier alpha value is -0.870. The second-order valence-corrected chi connectivity index (χ2v) is 3.70. The van der Waals surface area contributed by atoms with Crippen molar-refractivity contribution in [2.45, 2.75) is 18.5 Å². The SMILES string of the molecule is CNC1=CC(C=O)CC(NC)(NC)C1. The lowest BCUT2D eigenvalue weighted by Crippen LogP contribution is -2.57. The maximum Gasteiger partial charge on any atom is 0.127 e. The van der Waals surface area contributed by atoms with Crippen molar-refractivity contribution >= 4 is 6.29 Å². The van der Waals surface area contributed by atoms with Crippen molar-refractivity contribution in [2.75, 3.05) is 21.1 Å². The lowest BCUT2D eigenvalue weighted by atomic mass is 9.85. The van der Waals surface area contributed by atoms with Gasteiger partial charge in [0.25, 0.3) is 0 Å². The normalized spacial score (nSPS) is 25.4. The first-order chi connectivity index (χ1) is 6.69. The average Bonchev–Trinajstić information content (AvgIpc) is 2.28. The molecule has 1 aliphatic rings. The fraction of sp³-hybridized carbons (Fsp3) is 0.700. The van der Waals surface area contributed by atoms with Crippen molar-refractivity contribution < 1.29 is 4.79 Å². The molecule has 1 atom stereocenters. The van der Waals surface area contributed by atoms with Crippen LogP contribution in [0.3, 0.4) is 0 Å². The lowest BCUT2D eigenvalue weighted by Gasteiger charge is -2.38. The zero-order chi connectivity index (χ0) is 10.6. The largest absolute Gasteiger partial charge is 0.392 e. The van der Waals surface area contributed by atoms with Crippen LogP contribution in [0, 0.1) is 5.92 Å². The summed E-state index contributed by atoms with van der Waals surface area (Å²) in [6, 6.07) is 0. The molecule has 0 heterocycles. The van der Waals surface area contributed by atoms with Gasteiger partial charge in [0.2, 0.25) is 0 Å². The number of hydrogen-bond donors (Lipinski definition) is 3. The first kappa shape index (κ1) is 11.2. The van der Waals surface area contributed by atoms with E-state index in [4.69, 9.17) is 0 Å². The van der Waals surface area contributed by atoms with Crippen LogP contribution in [-0.4, -0.2) is 33.1 Å². The Morgan fingerprint density at radius 1 is 1.43 bits per heavy atom. The molecule has 0 radical (unpaired) electrons. The number of carbonyl (C=O) groups excluding carboxylic acids is 1. The van der Waals surface area contributed by atoms with Crippen molar-refractivity contribution in [3.05, 3.63) is 11.8 Å². The molecule has 0 saturated carbocycles. The number of nitrogens with one attached hydrogen (secondary N) is 3. The second kappa shape index (κ2) is 4.57. The van der Waals surface area contributed by atoms with Crippen LogP contribution in [-0.2, 0) is 4.79 Å². The van der Waals surface area contributed by atoms with E-state index in [2.05, 4.69) is 16.0 Å². The predicted molar refractivity (Wildman–Crippen MR) is 56.8 cm³/mol. The molecule has 1 rings (SSSR count). The van der Waals surface area contributed by atoms with Crippen LogP contribution < -0.4 is 16.0 Å². The van der Waals surface area contributed by atoms with Gasteiger partial charge in [-0.1, -0.05) is 6.08 Å². The van der Waals surface area contributed by atoms with Gasteiger partial charge in [0.05, 0.1) is 5.66 Å². The smallest absolute Gasteiger partial charge is 0.127 e. The number of carbonyl (C=O) groups is 1. The van der Waals surface area contributed by atoms with Crippen molar-refractivity contribution in [1.82, 2.24) is 16.0 Å². The van der Waals surface area contributed by atoms with Crippen LogP contribution in [0.5, 0.6) is 0 Å². The van der Waals surface area contributed by atoms with Gasteiger partial charge in [0.1, 0.15) is 6.29 Å². The first-order valence-electron chi connectivity index (χ1n) is 4.91. The summed E-state index contributed by atoms with van der Waals surface area (Å²) in [5, 5.41) is 9.60. The Bertz CT molecular complexity index is 234. The maximum atomic E-state index is 10.8. The van der Waals surface area contributed by atoms with Gasteiger partial charge >= 0.3 is 0 Å². The van der Waals surface area contributed by atoms with E-state index in [1.165, 1.54) is 0 Å². The van der Waals surface area contributed by atoms with E-state index in [1.54, 1.807) is 0 Å². The molecule has 1 unspecified atom stereocenters. The number of aldehydes is 1. The highest BCUT2D eigenvalue weighted by molar-refractivity contribution is 5.58. The molecular weight excluding hydrogens is 178 g/mol. The minimum Gasteiger partial charge on any atom is -0.392 e. The molecule has 1 aliphatic carbocycles. The summed E-state index contributed by atoms with van der Waals surface area (Å²) in [7, 11) is 5.71. The predicted octanol–water partition coefficient (Wildman–Crippen LogP) is -0.166. The van der Waals surface area contributed by atoms with Crippen LogP contribution in [0.15, 0.2) is 11.8 Å². The van der Waals surface area contributed by atoms with Crippen molar-refractivity contribution in [3.8, 4) is 0 Å². The zero-order valence-corrected chi connectivity index (χ0v) is 9.05. The molecule has 0 amide bonds. The average molecular weight is 197 g/mol. The van der Waals surface area contributed by atoms with Gasteiger partial charge in [-0.05, 0) is 20.5 Å². The molecule has 80 valence electrons. The number of allylic oxidation sites excluding steroid dienone is 1. The van der Waals surface area contributed by atoms with Gasteiger partial charge in [0.15, 0.2) is 0 Å². The van der Waals surface area contributed by atoms with E-state index in [0.717, 1.165) is 24.8 Å². The van der Waals surface area contributed by atoms with E-state index >= 15 is 0 Å². The molecule has 3 N–H and O–H groups in total. The quantitative estimate of drug-likeness (QED) is 0.433. The summed E-state index contributed by atoms with van der Waals surface area (Å²) < 4.78 is 0. The fourth-order valence-electron chi connectivity index (χ4n) is 1.94. The Kier molecular flexibility index (Phi) is 3.66. The Labute approximate surface area is 85.1 Å².